The number of hydrogen-bond donors (Lipinski definition) is 2. The van der Waals surface area contributed by atoms with Crippen molar-refractivity contribution < 1.29 is 19.1 Å². The molecule has 1 aromatic carbocycles. The standard InChI is InChI=1S/C17H22N2O4/c1-17(2,3)23-16(21)18-9-5-4-6-12-7-8-14-13(10-12)19-15(20)11-22-14/h4,6-8,10H,5,9,11H2,1-3H3,(H,18,21)(H,19,20). The second-order valence-corrected chi connectivity index (χ2v) is 6.21. The molecule has 0 saturated heterocycles. The highest BCUT2D eigenvalue weighted by molar-refractivity contribution is 5.95. The van der Waals surface area contributed by atoms with Gasteiger partial charge in [0.1, 0.15) is 11.4 Å². The highest BCUT2D eigenvalue weighted by atomic mass is 16.6. The summed E-state index contributed by atoms with van der Waals surface area (Å²) in [4.78, 5) is 22.8. The SMILES string of the molecule is CC(C)(C)OC(=O)NCCC=Cc1ccc2c(c1)NC(=O)CO2. The fourth-order valence-corrected chi connectivity index (χ4v) is 2.00. The summed E-state index contributed by atoms with van der Waals surface area (Å²) in [5.41, 5.74) is 1.14. The average Bonchev–Trinajstić information content (AvgIpc) is 2.44. The molecule has 0 aromatic heterocycles. The third kappa shape index (κ3) is 5.65. The van der Waals surface area contributed by atoms with E-state index in [0.29, 0.717) is 24.4 Å². The fraction of sp³-hybridized carbons (Fsp3) is 0.412. The van der Waals surface area contributed by atoms with E-state index in [1.165, 1.54) is 0 Å². The zero-order chi connectivity index (χ0) is 16.9. The minimum Gasteiger partial charge on any atom is -0.482 e. The van der Waals surface area contributed by atoms with E-state index in [9.17, 15) is 9.59 Å². The molecule has 0 radical (unpaired) electrons. The molecule has 6 nitrogen and oxygen atoms in total. The summed E-state index contributed by atoms with van der Waals surface area (Å²) in [6.45, 7) is 6.02. The lowest BCUT2D eigenvalue weighted by atomic mass is 10.1. The third-order valence-electron chi connectivity index (χ3n) is 2.93. The number of benzene rings is 1. The zero-order valence-electron chi connectivity index (χ0n) is 13.6. The van der Waals surface area contributed by atoms with E-state index >= 15 is 0 Å². The quantitative estimate of drug-likeness (QED) is 0.837. The van der Waals surface area contributed by atoms with Gasteiger partial charge in [-0.3, -0.25) is 4.79 Å². The Hall–Kier alpha value is -2.50. The maximum absolute atomic E-state index is 11.5. The van der Waals surface area contributed by atoms with E-state index in [0.717, 1.165) is 5.56 Å². The molecule has 1 aliphatic rings. The van der Waals surface area contributed by atoms with Crippen LogP contribution in [0.25, 0.3) is 6.08 Å². The van der Waals surface area contributed by atoms with E-state index in [2.05, 4.69) is 10.6 Å². The van der Waals surface area contributed by atoms with Crippen molar-refractivity contribution in [3.05, 3.63) is 29.8 Å². The van der Waals surface area contributed by atoms with Crippen molar-refractivity contribution >= 4 is 23.8 Å². The molecule has 2 amide bonds. The van der Waals surface area contributed by atoms with Gasteiger partial charge in [-0.2, -0.15) is 0 Å². The van der Waals surface area contributed by atoms with Crippen LogP contribution in [-0.2, 0) is 9.53 Å². The number of fused-ring (bicyclic) bond motifs is 1. The first-order valence-corrected chi connectivity index (χ1v) is 7.53. The molecule has 0 fully saturated rings. The van der Waals surface area contributed by atoms with Crippen LogP contribution in [0.5, 0.6) is 5.75 Å². The number of carbonyl (C=O) groups is 2. The summed E-state index contributed by atoms with van der Waals surface area (Å²) >= 11 is 0. The molecule has 0 spiro atoms. The Morgan fingerprint density at radius 2 is 2.22 bits per heavy atom. The number of alkyl carbamates (subject to hydrolysis) is 1. The average molecular weight is 318 g/mol. The lowest BCUT2D eigenvalue weighted by Crippen LogP contribution is -2.32. The van der Waals surface area contributed by atoms with Gasteiger partial charge in [0, 0.05) is 6.54 Å². The molecule has 0 unspecified atom stereocenters. The Morgan fingerprint density at radius 1 is 1.43 bits per heavy atom. The molecule has 23 heavy (non-hydrogen) atoms. The highest BCUT2D eigenvalue weighted by Gasteiger charge is 2.16. The van der Waals surface area contributed by atoms with E-state index in [4.69, 9.17) is 9.47 Å². The van der Waals surface area contributed by atoms with E-state index in [1.54, 1.807) is 0 Å². The first-order valence-electron chi connectivity index (χ1n) is 7.53. The van der Waals surface area contributed by atoms with Crippen LogP contribution in [0, 0.1) is 0 Å². The summed E-state index contributed by atoms with van der Waals surface area (Å²) in [7, 11) is 0. The Morgan fingerprint density at radius 3 is 2.96 bits per heavy atom. The molecule has 2 rings (SSSR count). The lowest BCUT2D eigenvalue weighted by Gasteiger charge is -2.19. The van der Waals surface area contributed by atoms with Crippen molar-refractivity contribution in [3.63, 3.8) is 0 Å². The summed E-state index contributed by atoms with van der Waals surface area (Å²) in [5, 5.41) is 5.46. The molecule has 0 atom stereocenters. The minimum absolute atomic E-state index is 0.0541. The minimum atomic E-state index is -0.491. The monoisotopic (exact) mass is 318 g/mol. The predicted octanol–water partition coefficient (Wildman–Crippen LogP) is 2.95. The van der Waals surface area contributed by atoms with Crippen LogP contribution in [0.3, 0.4) is 0 Å². The van der Waals surface area contributed by atoms with Crippen LogP contribution in [0.15, 0.2) is 24.3 Å². The molecular weight excluding hydrogens is 296 g/mol. The van der Waals surface area contributed by atoms with E-state index in [-0.39, 0.29) is 12.5 Å². The number of hydrogen-bond acceptors (Lipinski definition) is 4. The van der Waals surface area contributed by atoms with E-state index in [1.807, 2.05) is 51.1 Å². The summed E-state index contributed by atoms with van der Waals surface area (Å²) in [6.07, 6.45) is 4.14. The van der Waals surface area contributed by atoms with Crippen molar-refractivity contribution in [2.24, 2.45) is 0 Å². The highest BCUT2D eigenvalue weighted by Crippen LogP contribution is 2.28. The zero-order valence-corrected chi connectivity index (χ0v) is 13.6. The molecule has 1 aliphatic heterocycles. The molecule has 6 heteroatoms. The van der Waals surface area contributed by atoms with Crippen LogP contribution >= 0.6 is 0 Å². The van der Waals surface area contributed by atoms with Gasteiger partial charge in [0.2, 0.25) is 0 Å². The first kappa shape index (κ1) is 16.9. The lowest BCUT2D eigenvalue weighted by molar-refractivity contribution is -0.118. The smallest absolute Gasteiger partial charge is 0.407 e. The fourth-order valence-electron chi connectivity index (χ4n) is 2.00. The summed E-state index contributed by atoms with van der Waals surface area (Å²) in [5.74, 6) is 0.522. The summed E-state index contributed by atoms with van der Waals surface area (Å²) in [6, 6.07) is 5.59. The molecule has 0 saturated carbocycles. The molecule has 0 bridgehead atoms. The number of ether oxygens (including phenoxy) is 2. The van der Waals surface area contributed by atoms with Crippen LogP contribution < -0.4 is 15.4 Å². The molecule has 1 aromatic rings. The largest absolute Gasteiger partial charge is 0.482 e. The van der Waals surface area contributed by atoms with Gasteiger partial charge in [0.15, 0.2) is 6.61 Å². The van der Waals surface area contributed by atoms with Crippen molar-refractivity contribution in [1.82, 2.24) is 5.32 Å². The van der Waals surface area contributed by atoms with Crippen LogP contribution in [0.1, 0.15) is 32.8 Å². The Bertz CT molecular complexity index is 618. The number of rotatable bonds is 4. The number of anilines is 1. The Labute approximate surface area is 135 Å². The van der Waals surface area contributed by atoms with Crippen molar-refractivity contribution in [1.29, 1.82) is 0 Å². The van der Waals surface area contributed by atoms with Crippen molar-refractivity contribution in [2.75, 3.05) is 18.5 Å². The van der Waals surface area contributed by atoms with Crippen molar-refractivity contribution in [2.45, 2.75) is 32.8 Å². The van der Waals surface area contributed by atoms with Gasteiger partial charge in [-0.1, -0.05) is 18.2 Å². The van der Waals surface area contributed by atoms with Gasteiger partial charge in [0.05, 0.1) is 5.69 Å². The van der Waals surface area contributed by atoms with Gasteiger partial charge >= 0.3 is 6.09 Å². The van der Waals surface area contributed by atoms with Gasteiger partial charge < -0.3 is 20.1 Å². The molecule has 2 N–H and O–H groups in total. The van der Waals surface area contributed by atoms with Crippen LogP contribution in [0.2, 0.25) is 0 Å². The van der Waals surface area contributed by atoms with Gasteiger partial charge in [-0.05, 0) is 44.9 Å². The normalized spacial score (nSPS) is 14.0. The summed E-state index contributed by atoms with van der Waals surface area (Å²) < 4.78 is 10.4. The third-order valence-corrected chi connectivity index (χ3v) is 2.93. The van der Waals surface area contributed by atoms with Gasteiger partial charge in [-0.15, -0.1) is 0 Å². The number of amides is 2. The van der Waals surface area contributed by atoms with Gasteiger partial charge in [0.25, 0.3) is 5.91 Å². The first-order chi connectivity index (χ1) is 10.8. The van der Waals surface area contributed by atoms with Crippen LogP contribution in [-0.4, -0.2) is 30.8 Å². The predicted molar refractivity (Wildman–Crippen MR) is 88.5 cm³/mol. The Balaban J connectivity index is 1.79. The van der Waals surface area contributed by atoms with Gasteiger partial charge in [-0.25, -0.2) is 4.79 Å². The van der Waals surface area contributed by atoms with Crippen LogP contribution in [0.4, 0.5) is 10.5 Å². The number of carbonyl (C=O) groups excluding carboxylic acids is 2. The molecular formula is C17H22N2O4. The molecule has 124 valence electrons. The maximum Gasteiger partial charge on any atom is 0.407 e. The Kier molecular flexibility index (Phi) is 5.26. The second kappa shape index (κ2) is 7.17. The second-order valence-electron chi connectivity index (χ2n) is 6.21. The maximum atomic E-state index is 11.5. The van der Waals surface area contributed by atoms with E-state index < -0.39 is 11.7 Å². The van der Waals surface area contributed by atoms with Crippen molar-refractivity contribution in [3.8, 4) is 5.75 Å². The molecule has 0 aliphatic carbocycles. The molecule has 1 heterocycles. The topological polar surface area (TPSA) is 76.7 Å². The number of nitrogens with one attached hydrogen (secondary N) is 2.